The molecule has 0 aliphatic heterocycles. The van der Waals surface area contributed by atoms with Gasteiger partial charge in [0.2, 0.25) is 0 Å². The van der Waals surface area contributed by atoms with E-state index in [1.165, 1.54) is 6.39 Å². The molecule has 0 saturated heterocycles. The minimum atomic E-state index is 0.348. The van der Waals surface area contributed by atoms with Crippen molar-refractivity contribution < 1.29 is 13.9 Å². The Morgan fingerprint density at radius 3 is 2.73 bits per heavy atom. The lowest BCUT2D eigenvalue weighted by Crippen LogP contribution is -1.96. The van der Waals surface area contributed by atoms with Gasteiger partial charge < -0.3 is 13.9 Å². The second-order valence-electron chi connectivity index (χ2n) is 2.91. The van der Waals surface area contributed by atoms with E-state index < -0.39 is 0 Å². The first kappa shape index (κ1) is 9.58. The molecular formula is C11H11NO3. The molecule has 4 heteroatoms. The molecule has 0 amide bonds. The molecule has 0 saturated carbocycles. The topological polar surface area (TPSA) is 44.5 Å². The maximum absolute atomic E-state index is 5.51. The van der Waals surface area contributed by atoms with Gasteiger partial charge >= 0.3 is 0 Å². The monoisotopic (exact) mass is 205 g/mol. The van der Waals surface area contributed by atoms with Gasteiger partial charge in [-0.1, -0.05) is 12.1 Å². The first-order chi connectivity index (χ1) is 7.40. The van der Waals surface area contributed by atoms with Crippen LogP contribution in [-0.4, -0.2) is 12.1 Å². The zero-order chi connectivity index (χ0) is 10.5. The molecule has 1 heterocycles. The van der Waals surface area contributed by atoms with Gasteiger partial charge in [-0.05, 0) is 12.1 Å². The third-order valence-electron chi connectivity index (χ3n) is 1.92. The van der Waals surface area contributed by atoms with Gasteiger partial charge in [0.05, 0.1) is 13.3 Å². The highest BCUT2D eigenvalue weighted by Gasteiger charge is 2.03. The third kappa shape index (κ3) is 2.28. The van der Waals surface area contributed by atoms with Crippen molar-refractivity contribution in [3.63, 3.8) is 0 Å². The van der Waals surface area contributed by atoms with Crippen LogP contribution in [0.5, 0.6) is 11.5 Å². The summed E-state index contributed by atoms with van der Waals surface area (Å²) in [7, 11) is 1.61. The molecule has 0 spiro atoms. The van der Waals surface area contributed by atoms with Crippen molar-refractivity contribution in [2.45, 2.75) is 6.61 Å². The van der Waals surface area contributed by atoms with Gasteiger partial charge in [0.1, 0.15) is 6.61 Å². The van der Waals surface area contributed by atoms with Crippen LogP contribution in [0.3, 0.4) is 0 Å². The van der Waals surface area contributed by atoms with E-state index >= 15 is 0 Å². The number of methoxy groups -OCH3 is 1. The molecule has 0 radical (unpaired) electrons. The summed E-state index contributed by atoms with van der Waals surface area (Å²) in [5, 5.41) is 0. The summed E-state index contributed by atoms with van der Waals surface area (Å²) in [6.07, 6.45) is 3.00. The molecule has 1 aromatic carbocycles. The standard InChI is InChI=1S/C11H11NO3/c1-13-10-4-2-3-5-11(10)14-7-9-6-12-8-15-9/h2-6,8H,7H2,1H3. The number of rotatable bonds is 4. The van der Waals surface area contributed by atoms with Crippen molar-refractivity contribution >= 4 is 0 Å². The molecule has 0 bridgehead atoms. The minimum Gasteiger partial charge on any atom is -0.493 e. The largest absolute Gasteiger partial charge is 0.493 e. The van der Waals surface area contributed by atoms with Crippen molar-refractivity contribution in [2.75, 3.05) is 7.11 Å². The van der Waals surface area contributed by atoms with E-state index in [1.54, 1.807) is 13.3 Å². The summed E-state index contributed by atoms with van der Waals surface area (Å²) in [6.45, 7) is 0.348. The second-order valence-corrected chi connectivity index (χ2v) is 2.91. The number of ether oxygens (including phenoxy) is 2. The van der Waals surface area contributed by atoms with Crippen LogP contribution in [-0.2, 0) is 6.61 Å². The van der Waals surface area contributed by atoms with E-state index in [9.17, 15) is 0 Å². The first-order valence-corrected chi connectivity index (χ1v) is 4.53. The van der Waals surface area contributed by atoms with E-state index in [0.29, 0.717) is 23.9 Å². The van der Waals surface area contributed by atoms with Crippen LogP contribution in [0.4, 0.5) is 0 Å². The molecule has 15 heavy (non-hydrogen) atoms. The van der Waals surface area contributed by atoms with Crippen molar-refractivity contribution in [1.29, 1.82) is 0 Å². The van der Waals surface area contributed by atoms with Crippen LogP contribution in [0.2, 0.25) is 0 Å². The van der Waals surface area contributed by atoms with E-state index in [4.69, 9.17) is 13.9 Å². The van der Waals surface area contributed by atoms with Crippen molar-refractivity contribution in [1.82, 2.24) is 4.98 Å². The molecule has 0 N–H and O–H groups in total. The van der Waals surface area contributed by atoms with Crippen molar-refractivity contribution in [3.8, 4) is 11.5 Å². The Balaban J connectivity index is 2.04. The zero-order valence-electron chi connectivity index (χ0n) is 8.34. The number of aromatic nitrogens is 1. The van der Waals surface area contributed by atoms with Crippen LogP contribution >= 0.6 is 0 Å². The Kier molecular flexibility index (Phi) is 2.88. The summed E-state index contributed by atoms with van der Waals surface area (Å²) in [4.78, 5) is 3.80. The first-order valence-electron chi connectivity index (χ1n) is 4.53. The van der Waals surface area contributed by atoms with E-state index in [0.717, 1.165) is 0 Å². The normalized spacial score (nSPS) is 9.93. The lowest BCUT2D eigenvalue weighted by Gasteiger charge is -2.08. The number of para-hydroxylation sites is 2. The lowest BCUT2D eigenvalue weighted by atomic mass is 10.3. The van der Waals surface area contributed by atoms with Gasteiger partial charge in [0.15, 0.2) is 23.7 Å². The molecule has 2 aromatic rings. The van der Waals surface area contributed by atoms with Gasteiger partial charge in [0, 0.05) is 0 Å². The summed E-state index contributed by atoms with van der Waals surface area (Å²) in [5.74, 6) is 2.08. The predicted molar refractivity (Wildman–Crippen MR) is 53.8 cm³/mol. The smallest absolute Gasteiger partial charge is 0.181 e. The molecule has 0 atom stereocenters. The average molecular weight is 205 g/mol. The van der Waals surface area contributed by atoms with Crippen LogP contribution in [0.25, 0.3) is 0 Å². The molecule has 2 rings (SSSR count). The van der Waals surface area contributed by atoms with E-state index in [1.807, 2.05) is 24.3 Å². The SMILES string of the molecule is COc1ccccc1OCc1cnco1. The highest BCUT2D eigenvalue weighted by molar-refractivity contribution is 5.39. The summed E-state index contributed by atoms with van der Waals surface area (Å²) in [5.41, 5.74) is 0. The van der Waals surface area contributed by atoms with Crippen molar-refractivity contribution in [2.24, 2.45) is 0 Å². The quantitative estimate of drug-likeness (QED) is 0.768. The van der Waals surface area contributed by atoms with Crippen LogP contribution in [0, 0.1) is 0 Å². The second kappa shape index (κ2) is 4.50. The highest BCUT2D eigenvalue weighted by Crippen LogP contribution is 2.26. The van der Waals surface area contributed by atoms with Crippen LogP contribution < -0.4 is 9.47 Å². The maximum atomic E-state index is 5.51. The minimum absolute atomic E-state index is 0.348. The number of hydrogen-bond acceptors (Lipinski definition) is 4. The molecule has 0 fully saturated rings. The molecule has 0 unspecified atom stereocenters. The summed E-state index contributed by atoms with van der Waals surface area (Å²) < 4.78 is 15.7. The lowest BCUT2D eigenvalue weighted by molar-refractivity contribution is 0.256. The Labute approximate surface area is 87.5 Å². The molecule has 0 aliphatic rings. The van der Waals surface area contributed by atoms with Gasteiger partial charge in [-0.2, -0.15) is 0 Å². The average Bonchev–Trinajstić information content (AvgIpc) is 2.79. The molecule has 0 aliphatic carbocycles. The molecule has 4 nitrogen and oxygen atoms in total. The number of oxazole rings is 1. The van der Waals surface area contributed by atoms with Crippen LogP contribution in [0.15, 0.2) is 41.3 Å². The fourth-order valence-corrected chi connectivity index (χ4v) is 1.20. The number of nitrogens with zero attached hydrogens (tertiary/aromatic N) is 1. The Bertz CT molecular complexity index is 412. The van der Waals surface area contributed by atoms with Gasteiger partial charge in [-0.25, -0.2) is 4.98 Å². The van der Waals surface area contributed by atoms with Crippen molar-refractivity contribution in [3.05, 3.63) is 42.6 Å². The fraction of sp³-hybridized carbons (Fsp3) is 0.182. The Morgan fingerprint density at radius 1 is 1.27 bits per heavy atom. The van der Waals surface area contributed by atoms with Gasteiger partial charge in [-0.3, -0.25) is 0 Å². The molecular weight excluding hydrogens is 194 g/mol. The van der Waals surface area contributed by atoms with Gasteiger partial charge in [-0.15, -0.1) is 0 Å². The third-order valence-corrected chi connectivity index (χ3v) is 1.92. The number of benzene rings is 1. The molecule has 78 valence electrons. The highest BCUT2D eigenvalue weighted by atomic mass is 16.5. The molecule has 1 aromatic heterocycles. The predicted octanol–water partition coefficient (Wildman–Crippen LogP) is 2.26. The van der Waals surface area contributed by atoms with Crippen LogP contribution in [0.1, 0.15) is 5.76 Å². The van der Waals surface area contributed by atoms with E-state index in [-0.39, 0.29) is 0 Å². The Hall–Kier alpha value is -1.97. The van der Waals surface area contributed by atoms with E-state index in [2.05, 4.69) is 4.98 Å². The summed E-state index contributed by atoms with van der Waals surface area (Å²) in [6, 6.07) is 7.46. The maximum Gasteiger partial charge on any atom is 0.181 e. The Morgan fingerprint density at radius 2 is 2.07 bits per heavy atom. The fourth-order valence-electron chi connectivity index (χ4n) is 1.20. The number of hydrogen-bond donors (Lipinski definition) is 0. The zero-order valence-corrected chi connectivity index (χ0v) is 8.34. The van der Waals surface area contributed by atoms with Gasteiger partial charge in [0.25, 0.3) is 0 Å². The summed E-state index contributed by atoms with van der Waals surface area (Å²) >= 11 is 0.